The second-order valence-electron chi connectivity index (χ2n) is 7.33. The predicted octanol–water partition coefficient (Wildman–Crippen LogP) is 5.88. The quantitative estimate of drug-likeness (QED) is 0.332. The van der Waals surface area contributed by atoms with Crippen LogP contribution < -0.4 is 14.8 Å². The van der Waals surface area contributed by atoms with Gasteiger partial charge < -0.3 is 19.5 Å². The maximum absolute atomic E-state index is 12.8. The molecule has 0 aliphatic carbocycles. The van der Waals surface area contributed by atoms with Gasteiger partial charge in [-0.1, -0.05) is 29.8 Å². The van der Waals surface area contributed by atoms with E-state index in [9.17, 15) is 9.59 Å². The van der Waals surface area contributed by atoms with E-state index in [-0.39, 0.29) is 12.5 Å². The number of carbonyl (C=O) groups excluding carboxylic acids is 2. The van der Waals surface area contributed by atoms with Crippen LogP contribution in [-0.2, 0) is 9.53 Å². The molecule has 3 aromatic rings. The lowest BCUT2D eigenvalue weighted by Crippen LogP contribution is -2.12. The van der Waals surface area contributed by atoms with E-state index in [4.69, 9.17) is 14.2 Å². The van der Waals surface area contributed by atoms with Crippen LogP contribution in [0.1, 0.15) is 34.0 Å². The van der Waals surface area contributed by atoms with Gasteiger partial charge in [0.2, 0.25) is 5.91 Å². The molecular formula is C26H27NO5S. The number of benzene rings is 2. The molecule has 0 saturated carbocycles. The van der Waals surface area contributed by atoms with Crippen molar-refractivity contribution in [3.8, 4) is 22.6 Å². The Morgan fingerprint density at radius 3 is 2.42 bits per heavy atom. The van der Waals surface area contributed by atoms with Crippen LogP contribution in [0.2, 0.25) is 0 Å². The number of carbonyl (C=O) groups is 2. The number of hydrogen-bond acceptors (Lipinski definition) is 6. The molecule has 7 heteroatoms. The number of hydrogen-bond donors (Lipinski definition) is 1. The summed E-state index contributed by atoms with van der Waals surface area (Å²) in [5.41, 5.74) is 5.00. The van der Waals surface area contributed by atoms with Crippen molar-refractivity contribution in [1.82, 2.24) is 0 Å². The Morgan fingerprint density at radius 2 is 1.76 bits per heavy atom. The molecule has 0 unspecified atom stereocenters. The van der Waals surface area contributed by atoms with Gasteiger partial charge in [0.1, 0.15) is 10.6 Å². The van der Waals surface area contributed by atoms with E-state index in [1.807, 2.05) is 37.4 Å². The molecule has 33 heavy (non-hydrogen) atoms. The first-order valence-corrected chi connectivity index (χ1v) is 11.3. The highest BCUT2D eigenvalue weighted by molar-refractivity contribution is 7.15. The van der Waals surface area contributed by atoms with Gasteiger partial charge in [0.15, 0.2) is 11.5 Å². The fourth-order valence-electron chi connectivity index (χ4n) is 3.45. The molecular weight excluding hydrogens is 438 g/mol. The molecule has 1 heterocycles. The van der Waals surface area contributed by atoms with Gasteiger partial charge in [-0.05, 0) is 55.7 Å². The number of methoxy groups -OCH3 is 2. The molecule has 172 valence electrons. The van der Waals surface area contributed by atoms with E-state index in [1.165, 1.54) is 17.4 Å². The highest BCUT2D eigenvalue weighted by atomic mass is 32.1. The van der Waals surface area contributed by atoms with Gasteiger partial charge in [-0.2, -0.15) is 0 Å². The molecule has 1 aromatic heterocycles. The smallest absolute Gasteiger partial charge is 0.341 e. The SMILES string of the molecule is CCOC(=O)c1c(-c2ccc(C)cc2C)csc1NC(=O)/C=C/c1ccc(OC)c(OC)c1. The molecule has 6 nitrogen and oxygen atoms in total. The number of aryl methyl sites for hydroxylation is 2. The standard InChI is InChI=1S/C26H27NO5S/c1-6-32-26(29)24-20(19-10-7-16(2)13-17(19)3)15-33-25(24)27-23(28)12-9-18-8-11-21(30-4)22(14-18)31-5/h7-15H,6H2,1-5H3,(H,27,28)/b12-9+. The van der Waals surface area contributed by atoms with Crippen molar-refractivity contribution in [2.75, 3.05) is 26.1 Å². The van der Waals surface area contributed by atoms with E-state index in [2.05, 4.69) is 11.4 Å². The number of anilines is 1. The topological polar surface area (TPSA) is 73.9 Å². The van der Waals surface area contributed by atoms with Crippen LogP contribution >= 0.6 is 11.3 Å². The fourth-order valence-corrected chi connectivity index (χ4v) is 4.40. The zero-order valence-corrected chi connectivity index (χ0v) is 20.2. The molecule has 1 amide bonds. The first-order chi connectivity index (χ1) is 15.9. The van der Waals surface area contributed by atoms with E-state index in [1.54, 1.807) is 39.4 Å². The Bertz CT molecular complexity index is 1200. The molecule has 3 rings (SSSR count). The number of ether oxygens (including phenoxy) is 3. The van der Waals surface area contributed by atoms with Crippen molar-refractivity contribution >= 4 is 34.3 Å². The number of thiophene rings is 1. The van der Waals surface area contributed by atoms with Gasteiger partial charge in [-0.15, -0.1) is 11.3 Å². The lowest BCUT2D eigenvalue weighted by molar-refractivity contribution is -0.111. The summed E-state index contributed by atoms with van der Waals surface area (Å²) in [6.45, 7) is 6.02. The van der Waals surface area contributed by atoms with Crippen LogP contribution in [0.25, 0.3) is 17.2 Å². The van der Waals surface area contributed by atoms with Crippen molar-refractivity contribution in [1.29, 1.82) is 0 Å². The second kappa shape index (κ2) is 10.8. The van der Waals surface area contributed by atoms with Gasteiger partial charge in [0.25, 0.3) is 0 Å². The summed E-state index contributed by atoms with van der Waals surface area (Å²) >= 11 is 1.30. The minimum Gasteiger partial charge on any atom is -0.493 e. The largest absolute Gasteiger partial charge is 0.493 e. The average molecular weight is 466 g/mol. The molecule has 0 aliphatic heterocycles. The monoisotopic (exact) mass is 465 g/mol. The minimum absolute atomic E-state index is 0.244. The molecule has 0 atom stereocenters. The van der Waals surface area contributed by atoms with E-state index in [0.717, 1.165) is 27.8 Å². The van der Waals surface area contributed by atoms with Gasteiger partial charge in [0.05, 0.1) is 20.8 Å². The fraction of sp³-hybridized carbons (Fsp3) is 0.231. The van der Waals surface area contributed by atoms with Crippen molar-refractivity contribution in [3.05, 3.63) is 70.1 Å². The molecule has 0 bridgehead atoms. The zero-order valence-electron chi connectivity index (χ0n) is 19.4. The Morgan fingerprint density at radius 1 is 1.00 bits per heavy atom. The highest BCUT2D eigenvalue weighted by Crippen LogP contribution is 2.38. The summed E-state index contributed by atoms with van der Waals surface area (Å²) < 4.78 is 15.8. The molecule has 0 radical (unpaired) electrons. The lowest BCUT2D eigenvalue weighted by Gasteiger charge is -2.10. The van der Waals surface area contributed by atoms with Crippen molar-refractivity contribution in [3.63, 3.8) is 0 Å². The molecule has 0 saturated heterocycles. The van der Waals surface area contributed by atoms with Crippen molar-refractivity contribution in [2.24, 2.45) is 0 Å². The first kappa shape index (κ1) is 24.1. The zero-order chi connectivity index (χ0) is 24.0. The highest BCUT2D eigenvalue weighted by Gasteiger charge is 2.23. The number of amides is 1. The third kappa shape index (κ3) is 5.62. The third-order valence-electron chi connectivity index (χ3n) is 5.01. The Kier molecular flexibility index (Phi) is 7.90. The van der Waals surface area contributed by atoms with Gasteiger partial charge >= 0.3 is 5.97 Å². The summed E-state index contributed by atoms with van der Waals surface area (Å²) in [4.78, 5) is 25.4. The van der Waals surface area contributed by atoms with Crippen LogP contribution in [0.3, 0.4) is 0 Å². The van der Waals surface area contributed by atoms with Gasteiger partial charge in [-0.25, -0.2) is 4.79 Å². The maximum atomic E-state index is 12.8. The lowest BCUT2D eigenvalue weighted by atomic mass is 9.97. The van der Waals surface area contributed by atoms with Crippen LogP contribution in [-0.4, -0.2) is 32.7 Å². The summed E-state index contributed by atoms with van der Waals surface area (Å²) in [5, 5.41) is 5.15. The van der Waals surface area contributed by atoms with Crippen LogP contribution in [0.15, 0.2) is 47.9 Å². The summed E-state index contributed by atoms with van der Waals surface area (Å²) in [7, 11) is 3.12. The molecule has 0 spiro atoms. The van der Waals surface area contributed by atoms with E-state index < -0.39 is 5.97 Å². The van der Waals surface area contributed by atoms with E-state index >= 15 is 0 Å². The van der Waals surface area contributed by atoms with Crippen molar-refractivity contribution < 1.29 is 23.8 Å². The number of nitrogens with one attached hydrogen (secondary N) is 1. The first-order valence-electron chi connectivity index (χ1n) is 10.4. The Balaban J connectivity index is 1.88. The second-order valence-corrected chi connectivity index (χ2v) is 8.21. The normalized spacial score (nSPS) is 10.8. The van der Waals surface area contributed by atoms with E-state index in [0.29, 0.717) is 22.1 Å². The van der Waals surface area contributed by atoms with Crippen LogP contribution in [0, 0.1) is 13.8 Å². The third-order valence-corrected chi connectivity index (χ3v) is 5.91. The van der Waals surface area contributed by atoms with Crippen LogP contribution in [0.4, 0.5) is 5.00 Å². The van der Waals surface area contributed by atoms with Gasteiger partial charge in [0, 0.05) is 17.0 Å². The minimum atomic E-state index is -0.465. The number of esters is 1. The van der Waals surface area contributed by atoms with Crippen LogP contribution in [0.5, 0.6) is 11.5 Å². The molecule has 0 aliphatic rings. The summed E-state index contributed by atoms with van der Waals surface area (Å²) in [5.74, 6) is 0.356. The maximum Gasteiger partial charge on any atom is 0.341 e. The predicted molar refractivity (Wildman–Crippen MR) is 132 cm³/mol. The molecule has 0 fully saturated rings. The van der Waals surface area contributed by atoms with Crippen molar-refractivity contribution in [2.45, 2.75) is 20.8 Å². The Hall–Kier alpha value is -3.58. The molecule has 2 aromatic carbocycles. The Labute approximate surface area is 197 Å². The summed E-state index contributed by atoms with van der Waals surface area (Å²) in [6, 6.07) is 11.4. The number of rotatable bonds is 8. The van der Waals surface area contributed by atoms with Gasteiger partial charge in [-0.3, -0.25) is 4.79 Å². The average Bonchev–Trinajstić information content (AvgIpc) is 3.20. The molecule has 1 N–H and O–H groups in total. The summed E-state index contributed by atoms with van der Waals surface area (Å²) in [6.07, 6.45) is 3.08.